The third kappa shape index (κ3) is 10.2. The molecule has 13 nitrogen and oxygen atoms in total. The summed E-state index contributed by atoms with van der Waals surface area (Å²) in [5, 5.41) is 82.1. The van der Waals surface area contributed by atoms with Crippen LogP contribution in [0.5, 0.6) is 28.7 Å². The number of hydrogen-bond acceptors (Lipinski definition) is 11. The number of nitrogens with one attached hydrogen (secondary N) is 5. The summed E-state index contributed by atoms with van der Waals surface area (Å²) in [5.41, 5.74) is 10.7. The molecule has 0 radical (unpaired) electrons. The van der Waals surface area contributed by atoms with E-state index < -0.39 is 11.5 Å². The Bertz CT molecular complexity index is 4080. The largest absolute Gasteiger partial charge is 0.507 e. The van der Waals surface area contributed by atoms with Gasteiger partial charge in [-0.15, -0.1) is 0 Å². The second kappa shape index (κ2) is 24.1. The Morgan fingerprint density at radius 1 is 0.684 bits per heavy atom. The first-order chi connectivity index (χ1) is 46.3. The number of allylic oxidation sites excluding steroid dienone is 1. The standard InChI is InChI=1S/C82H96N6O7/c89-68-25-19-51(39-71(68)92)18-23-60-61-13-6-14-69(90)73(61)75(94)74(93)62(60)24-17-50-15-20-55(21-16-50)65-43-78(64-41-58-12-8-32-81(58)34-33-80-31-7-11-57(80)22-26-70(91)76(80)82(81,77(64)88-65)72-48-84-49-86-72)44-66-56(40-63(67(45-78)87-66)54-9-2-1-3-10-54)47-83-35-27-53-38-59(85-46-53)37-52-28-36-95-79(42-52)29-4-5-30-79/h1-3,6,9-10,13-16,18-23,25-26,38-40,46,48-49,52,57-58,63-67,70,76-77,83,85,87-94H,4-5,7-8,11-12,17,24,27-37,41-45,47H2,(H,84,86). The van der Waals surface area contributed by atoms with Gasteiger partial charge in [-0.3, -0.25) is 0 Å². The van der Waals surface area contributed by atoms with Crippen molar-refractivity contribution in [2.45, 2.75) is 188 Å². The molecule has 6 aliphatic carbocycles. The fraction of sp³-hybridized carbons (Fsp3) is 0.500. The fourth-order valence-electron chi connectivity index (χ4n) is 23.4. The van der Waals surface area contributed by atoms with Crippen molar-refractivity contribution in [3.05, 3.63) is 190 Å². The van der Waals surface area contributed by atoms with E-state index in [0.717, 1.165) is 70.2 Å². The molecule has 4 aliphatic heterocycles. The highest BCUT2D eigenvalue weighted by molar-refractivity contribution is 6.03. The predicted molar refractivity (Wildman–Crippen MR) is 372 cm³/mol. The molecule has 10 aliphatic rings. The quantitative estimate of drug-likeness (QED) is 0.0201. The van der Waals surface area contributed by atoms with Gasteiger partial charge in [0.1, 0.15) is 5.75 Å². The normalized spacial score (nSPS) is 34.3. The van der Waals surface area contributed by atoms with Crippen LogP contribution < -0.4 is 16.0 Å². The number of phenolic OH excluding ortho intramolecular Hbond substituents is 5. The van der Waals surface area contributed by atoms with Crippen molar-refractivity contribution in [2.75, 3.05) is 19.7 Å². The molecular weight excluding hydrogens is 1180 g/mol. The monoisotopic (exact) mass is 1280 g/mol. The second-order valence-electron chi connectivity index (χ2n) is 31.6. The average molecular weight is 1280 g/mol. The van der Waals surface area contributed by atoms with Crippen LogP contribution in [0.25, 0.3) is 22.9 Å². The molecule has 11 N–H and O–H groups in total. The van der Waals surface area contributed by atoms with E-state index in [1.165, 1.54) is 135 Å². The molecule has 496 valence electrons. The maximum Gasteiger partial charge on any atom is 0.169 e. The number of phenols is 5. The number of aliphatic hydroxyl groups excluding tert-OH is 1. The van der Waals surface area contributed by atoms with E-state index in [2.05, 4.69) is 112 Å². The predicted octanol–water partition coefficient (Wildman–Crippen LogP) is 14.6. The van der Waals surface area contributed by atoms with Gasteiger partial charge in [0.2, 0.25) is 0 Å². The first-order valence-electron chi connectivity index (χ1n) is 36.5. The Labute approximate surface area is 559 Å². The molecule has 3 saturated heterocycles. The molecule has 5 saturated carbocycles. The molecule has 95 heavy (non-hydrogen) atoms. The molecule has 6 heterocycles. The van der Waals surface area contributed by atoms with Gasteiger partial charge in [0, 0.05) is 83.9 Å². The molecule has 5 aromatic carbocycles. The number of imidazole rings is 1. The molecule has 0 amide bonds. The summed E-state index contributed by atoms with van der Waals surface area (Å²) in [6.45, 7) is 2.63. The number of aryl methyl sites for hydroxylation is 1. The summed E-state index contributed by atoms with van der Waals surface area (Å²) in [5.74, 6) is 1.00. The van der Waals surface area contributed by atoms with Gasteiger partial charge >= 0.3 is 0 Å². The Kier molecular flexibility index (Phi) is 15.6. The van der Waals surface area contributed by atoms with Crippen LogP contribution in [0.15, 0.2) is 140 Å². The topological polar surface area (TPSA) is 211 Å². The van der Waals surface area contributed by atoms with Gasteiger partial charge in [0.05, 0.1) is 23.4 Å². The molecule has 4 spiro atoms. The maximum atomic E-state index is 13.3. The number of hydrogen-bond donors (Lipinski definition) is 11. The summed E-state index contributed by atoms with van der Waals surface area (Å²) in [4.78, 5) is 12.6. The smallest absolute Gasteiger partial charge is 0.169 e. The lowest BCUT2D eigenvalue weighted by Crippen LogP contribution is -2.78. The van der Waals surface area contributed by atoms with Crippen molar-refractivity contribution < 1.29 is 35.4 Å². The van der Waals surface area contributed by atoms with Gasteiger partial charge in [-0.1, -0.05) is 129 Å². The summed E-state index contributed by atoms with van der Waals surface area (Å²) in [6.07, 6.45) is 41.1. The van der Waals surface area contributed by atoms with Gasteiger partial charge in [0.15, 0.2) is 23.0 Å². The van der Waals surface area contributed by atoms with Crippen LogP contribution >= 0.6 is 0 Å². The van der Waals surface area contributed by atoms with Gasteiger partial charge in [0.25, 0.3) is 0 Å². The maximum absolute atomic E-state index is 13.3. The van der Waals surface area contributed by atoms with Crippen LogP contribution in [-0.4, -0.2) is 95.1 Å². The number of rotatable bonds is 15. The Morgan fingerprint density at radius 2 is 1.54 bits per heavy atom. The zero-order valence-electron chi connectivity index (χ0n) is 54.9. The number of aliphatic hydroxyl groups is 1. The number of piperidine rings is 2. The van der Waals surface area contributed by atoms with E-state index in [-0.39, 0.29) is 92.0 Å². The molecule has 15 atom stereocenters. The number of ether oxygens (including phenoxy) is 1. The van der Waals surface area contributed by atoms with Gasteiger partial charge in [-0.25, -0.2) is 4.98 Å². The number of aromatic hydroxyl groups is 5. The van der Waals surface area contributed by atoms with E-state index >= 15 is 0 Å². The van der Waals surface area contributed by atoms with Gasteiger partial charge in [-0.2, -0.15) is 0 Å². The van der Waals surface area contributed by atoms with Crippen LogP contribution in [0.3, 0.4) is 0 Å². The first-order valence-corrected chi connectivity index (χ1v) is 36.5. The number of fused-ring (bicyclic) bond motifs is 7. The Hall–Kier alpha value is -7.13. The van der Waals surface area contributed by atoms with Crippen molar-refractivity contribution in [1.82, 2.24) is 30.9 Å². The Morgan fingerprint density at radius 3 is 2.38 bits per heavy atom. The van der Waals surface area contributed by atoms with E-state index in [4.69, 9.17) is 15.0 Å². The third-order valence-corrected chi connectivity index (χ3v) is 27.2. The van der Waals surface area contributed by atoms with Crippen molar-refractivity contribution >= 4 is 22.9 Å². The molecule has 17 rings (SSSR count). The molecule has 2 aromatic heterocycles. The van der Waals surface area contributed by atoms with Crippen LogP contribution in [0.1, 0.15) is 178 Å². The zero-order chi connectivity index (χ0) is 64.3. The third-order valence-electron chi connectivity index (χ3n) is 27.2. The number of H-pyrrole nitrogens is 2. The fourth-order valence-corrected chi connectivity index (χ4v) is 23.4. The number of nitrogens with zero attached hydrogens (tertiary/aromatic N) is 1. The second-order valence-corrected chi connectivity index (χ2v) is 31.6. The summed E-state index contributed by atoms with van der Waals surface area (Å²) in [7, 11) is 0. The number of aromatic nitrogens is 3. The molecule has 2 bridgehead atoms. The van der Waals surface area contributed by atoms with Gasteiger partial charge < -0.3 is 61.3 Å². The van der Waals surface area contributed by atoms with E-state index in [9.17, 15) is 30.6 Å². The number of aromatic amines is 2. The molecule has 15 unspecified atom stereocenters. The van der Waals surface area contributed by atoms with Crippen LogP contribution in [0, 0.1) is 45.8 Å². The van der Waals surface area contributed by atoms with Crippen molar-refractivity contribution in [3.63, 3.8) is 0 Å². The lowest BCUT2D eigenvalue weighted by atomic mass is 9.31. The van der Waals surface area contributed by atoms with Crippen molar-refractivity contribution in [3.8, 4) is 28.7 Å². The minimum absolute atomic E-state index is 0.000373. The molecular formula is C82H96N6O7. The zero-order valence-corrected chi connectivity index (χ0v) is 54.9. The van der Waals surface area contributed by atoms with Crippen molar-refractivity contribution in [1.29, 1.82) is 0 Å². The molecule has 8 fully saturated rings. The highest BCUT2D eigenvalue weighted by Gasteiger charge is 2.78. The lowest BCUT2D eigenvalue weighted by Gasteiger charge is -2.75. The van der Waals surface area contributed by atoms with Crippen LogP contribution in [0.4, 0.5) is 0 Å². The van der Waals surface area contributed by atoms with Crippen LogP contribution in [0.2, 0.25) is 0 Å². The van der Waals surface area contributed by atoms with Gasteiger partial charge in [-0.05, 0) is 231 Å². The lowest BCUT2D eigenvalue weighted by molar-refractivity contribution is -0.217. The van der Waals surface area contributed by atoms with E-state index in [1.807, 2.05) is 18.5 Å². The highest BCUT2D eigenvalue weighted by atomic mass is 16.5. The Balaban J connectivity index is 0.716. The van der Waals surface area contributed by atoms with E-state index in [0.29, 0.717) is 58.6 Å². The minimum Gasteiger partial charge on any atom is -0.507 e. The highest BCUT2D eigenvalue weighted by Crippen LogP contribution is 2.79. The summed E-state index contributed by atoms with van der Waals surface area (Å²) in [6, 6.07) is 33.2. The number of benzene rings is 5. The molecule has 13 heteroatoms. The average Bonchev–Trinajstić information content (AvgIpc) is 1.63. The van der Waals surface area contributed by atoms with Crippen molar-refractivity contribution in [2.24, 2.45) is 45.8 Å². The SMILES string of the molecule is Oc1ccc(C=Cc2c(CCc3ccc(C4CC5(CC6NC(C5)C(c5ccccc5)C=C6CNCCc5c[nH]c(CC6CCOC7(CCCC7)C6)c5)C5CC6CCCC67CCC68CCCC6C=CC(O)C8C7(c6cnc[nH]6)C5N4)cc3)c(O)c(O)c3c(O)cccc23)cc1O. The molecule has 7 aromatic rings. The summed E-state index contributed by atoms with van der Waals surface area (Å²) < 4.78 is 6.42. The van der Waals surface area contributed by atoms with Crippen LogP contribution in [-0.2, 0) is 35.8 Å². The van der Waals surface area contributed by atoms with E-state index in [1.54, 1.807) is 18.2 Å². The summed E-state index contributed by atoms with van der Waals surface area (Å²) >= 11 is 0. The first kappa shape index (κ1) is 61.5. The minimum atomic E-state index is -0.571.